The van der Waals surface area contributed by atoms with Crippen LogP contribution in [-0.4, -0.2) is 17.8 Å². The Hall–Kier alpha value is -0.380. The number of aliphatic hydroxyl groups excluding tert-OH is 1. The molecule has 84 valence electrons. The van der Waals surface area contributed by atoms with E-state index < -0.39 is 0 Å². The van der Waals surface area contributed by atoms with Crippen LogP contribution in [0.15, 0.2) is 11.4 Å². The molecule has 0 saturated heterocycles. The van der Waals surface area contributed by atoms with Crippen molar-refractivity contribution in [2.75, 3.05) is 6.54 Å². The Balaban J connectivity index is 1.73. The molecular formula is C12H19NOS. The van der Waals surface area contributed by atoms with Gasteiger partial charge < -0.3 is 10.4 Å². The van der Waals surface area contributed by atoms with Crippen molar-refractivity contribution >= 4 is 11.3 Å². The molecule has 1 fully saturated rings. The Kier molecular flexibility index (Phi) is 3.78. The summed E-state index contributed by atoms with van der Waals surface area (Å²) in [5.41, 5.74) is 1.37. The molecule has 0 bridgehead atoms. The van der Waals surface area contributed by atoms with Gasteiger partial charge in [0.25, 0.3) is 0 Å². The van der Waals surface area contributed by atoms with Crippen molar-refractivity contribution in [3.8, 4) is 0 Å². The molecule has 0 spiro atoms. The number of hydrogen-bond donors (Lipinski definition) is 2. The summed E-state index contributed by atoms with van der Waals surface area (Å²) >= 11 is 1.81. The monoisotopic (exact) mass is 225 g/mol. The summed E-state index contributed by atoms with van der Waals surface area (Å²) in [4.78, 5) is 1.42. The quantitative estimate of drug-likeness (QED) is 0.824. The molecule has 2 atom stereocenters. The first kappa shape index (κ1) is 11.1. The fourth-order valence-electron chi connectivity index (χ4n) is 2.21. The third-order valence-corrected chi connectivity index (χ3v) is 4.30. The molecule has 0 aromatic carbocycles. The van der Waals surface area contributed by atoms with E-state index in [1.165, 1.54) is 23.3 Å². The normalized spacial score (nSPS) is 26.0. The highest BCUT2D eigenvalue weighted by Gasteiger charge is 2.24. The van der Waals surface area contributed by atoms with Gasteiger partial charge in [0.1, 0.15) is 0 Å². The highest BCUT2D eigenvalue weighted by molar-refractivity contribution is 7.10. The molecule has 2 rings (SSSR count). The van der Waals surface area contributed by atoms with Gasteiger partial charge in [0.2, 0.25) is 0 Å². The summed E-state index contributed by atoms with van der Waals surface area (Å²) in [6.45, 7) is 4.06. The van der Waals surface area contributed by atoms with E-state index in [0.717, 1.165) is 19.5 Å². The molecule has 0 aliphatic heterocycles. The molecular weight excluding hydrogens is 206 g/mol. The van der Waals surface area contributed by atoms with Crippen molar-refractivity contribution in [1.82, 2.24) is 5.32 Å². The first-order chi connectivity index (χ1) is 7.27. The van der Waals surface area contributed by atoms with Crippen LogP contribution in [0.5, 0.6) is 0 Å². The van der Waals surface area contributed by atoms with Crippen LogP contribution in [0.25, 0.3) is 0 Å². The maximum Gasteiger partial charge on any atom is 0.0580 e. The summed E-state index contributed by atoms with van der Waals surface area (Å²) in [6, 6.07) is 2.16. The minimum absolute atomic E-state index is 0.0677. The highest BCUT2D eigenvalue weighted by atomic mass is 32.1. The van der Waals surface area contributed by atoms with Gasteiger partial charge >= 0.3 is 0 Å². The van der Waals surface area contributed by atoms with Gasteiger partial charge in [-0.15, -0.1) is 11.3 Å². The second-order valence-electron chi connectivity index (χ2n) is 4.42. The maximum atomic E-state index is 9.66. The van der Waals surface area contributed by atoms with Gasteiger partial charge in [-0.3, -0.25) is 0 Å². The lowest BCUT2D eigenvalue weighted by molar-refractivity contribution is 0.131. The van der Waals surface area contributed by atoms with E-state index >= 15 is 0 Å². The highest BCUT2D eigenvalue weighted by Crippen LogP contribution is 2.25. The van der Waals surface area contributed by atoms with Crippen LogP contribution in [0.4, 0.5) is 0 Å². The SMILES string of the molecule is Cc1ccsc1CNCC1CCCC1O. The molecule has 2 unspecified atom stereocenters. The van der Waals surface area contributed by atoms with Gasteiger partial charge in [0.05, 0.1) is 6.10 Å². The second kappa shape index (κ2) is 5.10. The molecule has 2 N–H and O–H groups in total. The lowest BCUT2D eigenvalue weighted by Gasteiger charge is -2.14. The summed E-state index contributed by atoms with van der Waals surface area (Å²) in [5, 5.41) is 15.3. The minimum Gasteiger partial charge on any atom is -0.393 e. The van der Waals surface area contributed by atoms with Crippen molar-refractivity contribution in [2.45, 2.75) is 38.8 Å². The second-order valence-corrected chi connectivity index (χ2v) is 5.42. The van der Waals surface area contributed by atoms with E-state index in [9.17, 15) is 5.11 Å². The molecule has 15 heavy (non-hydrogen) atoms. The number of thiophene rings is 1. The summed E-state index contributed by atoms with van der Waals surface area (Å²) < 4.78 is 0. The lowest BCUT2D eigenvalue weighted by Crippen LogP contribution is -2.27. The Morgan fingerprint density at radius 2 is 2.40 bits per heavy atom. The standard InChI is InChI=1S/C12H19NOS/c1-9-5-6-15-12(9)8-13-7-10-3-2-4-11(10)14/h5-6,10-11,13-14H,2-4,7-8H2,1H3. The van der Waals surface area contributed by atoms with Gasteiger partial charge in [-0.2, -0.15) is 0 Å². The largest absolute Gasteiger partial charge is 0.393 e. The Bertz CT molecular complexity index is 310. The van der Waals surface area contributed by atoms with Crippen molar-refractivity contribution < 1.29 is 5.11 Å². The number of aliphatic hydroxyl groups is 1. The van der Waals surface area contributed by atoms with Crippen molar-refractivity contribution in [3.63, 3.8) is 0 Å². The summed E-state index contributed by atoms with van der Waals surface area (Å²) in [5.74, 6) is 0.477. The fourth-order valence-corrected chi connectivity index (χ4v) is 3.09. The van der Waals surface area contributed by atoms with Crippen LogP contribution in [-0.2, 0) is 6.54 Å². The molecule has 1 aromatic heterocycles. The molecule has 1 heterocycles. The molecule has 1 aliphatic rings. The number of hydrogen-bond acceptors (Lipinski definition) is 3. The van der Waals surface area contributed by atoms with Gasteiger partial charge in [0, 0.05) is 18.0 Å². The average Bonchev–Trinajstić information content (AvgIpc) is 2.78. The van der Waals surface area contributed by atoms with Crippen LogP contribution >= 0.6 is 11.3 Å². The van der Waals surface area contributed by atoms with E-state index in [1.807, 2.05) is 11.3 Å². The molecule has 0 amide bonds. The van der Waals surface area contributed by atoms with Gasteiger partial charge in [-0.1, -0.05) is 6.42 Å². The molecule has 2 nitrogen and oxygen atoms in total. The smallest absolute Gasteiger partial charge is 0.0580 e. The Morgan fingerprint density at radius 1 is 1.53 bits per heavy atom. The first-order valence-electron chi connectivity index (χ1n) is 5.69. The van der Waals surface area contributed by atoms with Crippen molar-refractivity contribution in [3.05, 3.63) is 21.9 Å². The zero-order valence-electron chi connectivity index (χ0n) is 9.20. The summed E-state index contributed by atoms with van der Waals surface area (Å²) in [6.07, 6.45) is 3.29. The van der Waals surface area contributed by atoms with Crippen LogP contribution in [0.1, 0.15) is 29.7 Å². The molecule has 0 radical (unpaired) electrons. The van der Waals surface area contributed by atoms with Crippen LogP contribution in [0.2, 0.25) is 0 Å². The van der Waals surface area contributed by atoms with Gasteiger partial charge in [0.15, 0.2) is 0 Å². The first-order valence-corrected chi connectivity index (χ1v) is 6.57. The van der Waals surface area contributed by atoms with Crippen molar-refractivity contribution in [1.29, 1.82) is 0 Å². The molecule has 1 aliphatic carbocycles. The average molecular weight is 225 g/mol. The van der Waals surface area contributed by atoms with E-state index in [0.29, 0.717) is 5.92 Å². The Morgan fingerprint density at radius 3 is 3.00 bits per heavy atom. The predicted molar refractivity (Wildman–Crippen MR) is 64.1 cm³/mol. The molecule has 1 saturated carbocycles. The van der Waals surface area contributed by atoms with E-state index in [-0.39, 0.29) is 6.10 Å². The van der Waals surface area contributed by atoms with E-state index in [2.05, 4.69) is 23.7 Å². The third kappa shape index (κ3) is 2.80. The minimum atomic E-state index is -0.0677. The Labute approximate surface area is 95.3 Å². The van der Waals surface area contributed by atoms with Gasteiger partial charge in [-0.05, 0) is 42.7 Å². The van der Waals surface area contributed by atoms with E-state index in [4.69, 9.17) is 0 Å². The van der Waals surface area contributed by atoms with Crippen LogP contribution < -0.4 is 5.32 Å². The zero-order valence-corrected chi connectivity index (χ0v) is 10.0. The van der Waals surface area contributed by atoms with Gasteiger partial charge in [-0.25, -0.2) is 0 Å². The number of nitrogens with one attached hydrogen (secondary N) is 1. The van der Waals surface area contributed by atoms with Crippen LogP contribution in [0.3, 0.4) is 0 Å². The molecule has 1 aromatic rings. The van der Waals surface area contributed by atoms with E-state index in [1.54, 1.807) is 0 Å². The number of aryl methyl sites for hydroxylation is 1. The summed E-state index contributed by atoms with van der Waals surface area (Å²) in [7, 11) is 0. The fraction of sp³-hybridized carbons (Fsp3) is 0.667. The van der Waals surface area contributed by atoms with Crippen LogP contribution in [0, 0.1) is 12.8 Å². The zero-order chi connectivity index (χ0) is 10.7. The molecule has 3 heteroatoms. The lowest BCUT2D eigenvalue weighted by atomic mass is 10.1. The predicted octanol–water partition coefficient (Wildman–Crippen LogP) is 2.31. The maximum absolute atomic E-state index is 9.66. The number of rotatable bonds is 4. The third-order valence-electron chi connectivity index (χ3n) is 3.28. The van der Waals surface area contributed by atoms with Crippen molar-refractivity contribution in [2.24, 2.45) is 5.92 Å². The topological polar surface area (TPSA) is 32.3 Å².